The monoisotopic (exact) mass is 373 g/mol. The van der Waals surface area contributed by atoms with Crippen LogP contribution in [0.2, 0.25) is 0 Å². The average Bonchev–Trinajstić information content (AvgIpc) is 2.77. The van der Waals surface area contributed by atoms with Crippen LogP contribution in [0.5, 0.6) is 0 Å². The fraction of sp³-hybridized carbons (Fsp3) is 0.250. The first-order valence-corrected chi connectivity index (χ1v) is 9.70. The van der Waals surface area contributed by atoms with Gasteiger partial charge in [0.05, 0.1) is 13.2 Å². The molecule has 0 aliphatic heterocycles. The number of benzene rings is 3. The van der Waals surface area contributed by atoms with Crippen LogP contribution in [0.25, 0.3) is 0 Å². The Morgan fingerprint density at radius 3 is 2.07 bits per heavy atom. The Labute approximate surface area is 167 Å². The lowest BCUT2D eigenvalue weighted by atomic mass is 9.99. The minimum Gasteiger partial charge on any atom is -0.375 e. The van der Waals surface area contributed by atoms with Gasteiger partial charge in [0.1, 0.15) is 6.04 Å². The van der Waals surface area contributed by atoms with E-state index in [1.165, 1.54) is 5.69 Å². The Hall–Kier alpha value is -2.98. The number of likely N-dealkylation sites (N-methyl/N-ethyl adjacent to an activating group) is 1. The summed E-state index contributed by atoms with van der Waals surface area (Å²) in [5.74, 6) is 0. The van der Waals surface area contributed by atoms with Crippen LogP contribution < -0.4 is 4.90 Å². The first kappa shape index (κ1) is 19.8. The highest BCUT2D eigenvalue weighted by atomic mass is 16.5. The van der Waals surface area contributed by atoms with Gasteiger partial charge in [0, 0.05) is 18.8 Å². The second-order valence-electron chi connectivity index (χ2n) is 6.65. The van der Waals surface area contributed by atoms with E-state index in [9.17, 15) is 0 Å². The summed E-state index contributed by atoms with van der Waals surface area (Å²) < 4.78 is 5.88. The zero-order valence-electron chi connectivity index (χ0n) is 16.3. The molecule has 0 aliphatic carbocycles. The zero-order chi connectivity index (χ0) is 19.6. The highest BCUT2D eigenvalue weighted by molar-refractivity contribution is 5.45. The molecule has 0 spiro atoms. The molecular weight excluding hydrogens is 346 g/mol. The molecule has 0 fully saturated rings. The van der Waals surface area contributed by atoms with Crippen molar-refractivity contribution in [2.24, 2.45) is 5.11 Å². The molecule has 0 heterocycles. The smallest absolute Gasteiger partial charge is 0.121 e. The topological polar surface area (TPSA) is 48.7 Å². The van der Waals surface area contributed by atoms with Gasteiger partial charge in [0.25, 0.3) is 0 Å². The van der Waals surface area contributed by atoms with E-state index in [0.29, 0.717) is 13.2 Å². The van der Waals surface area contributed by atoms with E-state index in [1.807, 2.05) is 48.5 Å². The molecule has 4 heteroatoms. The quantitative estimate of drug-likeness (QED) is 0.358. The predicted molar refractivity (Wildman–Crippen MR) is 114 cm³/mol. The van der Waals surface area contributed by atoms with Crippen molar-refractivity contribution in [3.8, 4) is 0 Å². The maximum atomic E-state index is 7.55. The van der Waals surface area contributed by atoms with Crippen molar-refractivity contribution < 1.29 is 4.74 Å². The van der Waals surface area contributed by atoms with Gasteiger partial charge in [-0.1, -0.05) is 72.8 Å². The molecule has 0 amide bonds. The molecule has 0 aromatic heterocycles. The largest absolute Gasteiger partial charge is 0.375 e. The second-order valence-corrected chi connectivity index (χ2v) is 6.65. The van der Waals surface area contributed by atoms with Gasteiger partial charge in [-0.3, -0.25) is 0 Å². The molecule has 1 N–H and O–H groups in total. The van der Waals surface area contributed by atoms with Crippen molar-refractivity contribution in [3.63, 3.8) is 0 Å². The maximum absolute atomic E-state index is 7.55. The van der Waals surface area contributed by atoms with E-state index in [4.69, 9.17) is 10.3 Å². The van der Waals surface area contributed by atoms with Crippen LogP contribution in [0.3, 0.4) is 0 Å². The highest BCUT2D eigenvalue weighted by Gasteiger charge is 2.12. The number of anilines is 1. The standard InChI is InChI=1S/C24H27N3O/c1-2-27(23-11-7-4-8-12-23)17-18-28-19-20-13-15-22(16-14-20)24(26-25)21-9-5-3-6-10-21/h3-16,24-25H,2,17-19H2,1H3. The van der Waals surface area contributed by atoms with E-state index in [-0.39, 0.29) is 6.04 Å². The Morgan fingerprint density at radius 2 is 1.46 bits per heavy atom. The molecule has 28 heavy (non-hydrogen) atoms. The van der Waals surface area contributed by atoms with Crippen molar-refractivity contribution >= 4 is 5.69 Å². The van der Waals surface area contributed by atoms with Crippen LogP contribution in [0, 0.1) is 5.53 Å². The summed E-state index contributed by atoms with van der Waals surface area (Å²) >= 11 is 0. The van der Waals surface area contributed by atoms with Crippen LogP contribution in [0.1, 0.15) is 29.7 Å². The Morgan fingerprint density at radius 1 is 0.857 bits per heavy atom. The summed E-state index contributed by atoms with van der Waals surface area (Å²) in [6, 6.07) is 28.3. The molecule has 1 unspecified atom stereocenters. The first-order valence-electron chi connectivity index (χ1n) is 9.70. The van der Waals surface area contributed by atoms with Gasteiger partial charge in [-0.05, 0) is 35.7 Å². The van der Waals surface area contributed by atoms with Crippen molar-refractivity contribution in [1.29, 1.82) is 5.53 Å². The highest BCUT2D eigenvalue weighted by Crippen LogP contribution is 2.26. The molecule has 3 aromatic carbocycles. The number of rotatable bonds is 10. The molecule has 4 nitrogen and oxygen atoms in total. The molecule has 3 aromatic rings. The fourth-order valence-corrected chi connectivity index (χ4v) is 3.25. The third-order valence-electron chi connectivity index (χ3n) is 4.82. The van der Waals surface area contributed by atoms with Gasteiger partial charge in [-0.2, -0.15) is 5.11 Å². The third-order valence-corrected chi connectivity index (χ3v) is 4.82. The Balaban J connectivity index is 1.51. The summed E-state index contributed by atoms with van der Waals surface area (Å²) in [4.78, 5) is 2.31. The molecule has 0 bridgehead atoms. The van der Waals surface area contributed by atoms with Crippen molar-refractivity contribution in [2.75, 3.05) is 24.6 Å². The lowest BCUT2D eigenvalue weighted by Gasteiger charge is -2.23. The van der Waals surface area contributed by atoms with Gasteiger partial charge in [-0.25, -0.2) is 5.53 Å². The molecule has 0 aliphatic rings. The lowest BCUT2D eigenvalue weighted by Crippen LogP contribution is -2.26. The van der Waals surface area contributed by atoms with Gasteiger partial charge < -0.3 is 9.64 Å². The number of nitrogens with zero attached hydrogens (tertiary/aromatic N) is 2. The lowest BCUT2D eigenvalue weighted by molar-refractivity contribution is 0.127. The minimum absolute atomic E-state index is 0.250. The summed E-state index contributed by atoms with van der Waals surface area (Å²) in [6.07, 6.45) is 0. The summed E-state index contributed by atoms with van der Waals surface area (Å²) in [5.41, 5.74) is 12.0. The van der Waals surface area contributed by atoms with E-state index >= 15 is 0 Å². The SMILES string of the molecule is CCN(CCOCc1ccc(C(N=N)c2ccccc2)cc1)c1ccccc1. The van der Waals surface area contributed by atoms with Crippen molar-refractivity contribution in [2.45, 2.75) is 19.6 Å². The third kappa shape index (κ3) is 5.27. The van der Waals surface area contributed by atoms with E-state index in [1.54, 1.807) is 0 Å². The molecular formula is C24H27N3O. The fourth-order valence-electron chi connectivity index (χ4n) is 3.25. The number of hydrogen-bond acceptors (Lipinski definition) is 4. The van der Waals surface area contributed by atoms with Gasteiger partial charge in [-0.15, -0.1) is 0 Å². The van der Waals surface area contributed by atoms with Crippen LogP contribution in [0.4, 0.5) is 5.69 Å². The zero-order valence-corrected chi connectivity index (χ0v) is 16.3. The average molecular weight is 374 g/mol. The van der Waals surface area contributed by atoms with Gasteiger partial charge in [0.2, 0.25) is 0 Å². The van der Waals surface area contributed by atoms with Crippen LogP contribution >= 0.6 is 0 Å². The molecule has 0 saturated carbocycles. The number of para-hydroxylation sites is 1. The summed E-state index contributed by atoms with van der Waals surface area (Å²) in [6.45, 7) is 5.25. The van der Waals surface area contributed by atoms with E-state index in [2.05, 4.69) is 53.3 Å². The van der Waals surface area contributed by atoms with Crippen molar-refractivity contribution in [3.05, 3.63) is 102 Å². The predicted octanol–water partition coefficient (Wildman–Crippen LogP) is 5.85. The maximum Gasteiger partial charge on any atom is 0.121 e. The van der Waals surface area contributed by atoms with Crippen molar-refractivity contribution in [1.82, 2.24) is 0 Å². The molecule has 0 saturated heterocycles. The van der Waals surface area contributed by atoms with E-state index < -0.39 is 0 Å². The Kier molecular flexibility index (Phi) is 7.33. The van der Waals surface area contributed by atoms with Gasteiger partial charge in [0.15, 0.2) is 0 Å². The van der Waals surface area contributed by atoms with Crippen LogP contribution in [-0.2, 0) is 11.3 Å². The van der Waals surface area contributed by atoms with Gasteiger partial charge >= 0.3 is 0 Å². The second kappa shape index (κ2) is 10.4. The normalized spacial score (nSPS) is 11.8. The van der Waals surface area contributed by atoms with Crippen LogP contribution in [-0.4, -0.2) is 19.7 Å². The molecule has 144 valence electrons. The molecule has 0 radical (unpaired) electrons. The Bertz CT molecular complexity index is 835. The van der Waals surface area contributed by atoms with E-state index in [0.717, 1.165) is 29.8 Å². The molecule has 3 rings (SSSR count). The summed E-state index contributed by atoms with van der Waals surface area (Å²) in [5, 5.41) is 3.80. The number of nitrogens with one attached hydrogen (secondary N) is 1. The number of ether oxygens (including phenoxy) is 1. The summed E-state index contributed by atoms with van der Waals surface area (Å²) in [7, 11) is 0. The minimum atomic E-state index is -0.250. The first-order chi connectivity index (χ1) is 13.8. The molecule has 1 atom stereocenters. The van der Waals surface area contributed by atoms with Crippen LogP contribution in [0.15, 0.2) is 90.0 Å². The number of hydrogen-bond donors (Lipinski definition) is 1.